The minimum absolute atomic E-state index is 0.0179. The Hall–Kier alpha value is -2.38. The van der Waals surface area contributed by atoms with Crippen molar-refractivity contribution in [3.05, 3.63) is 46.0 Å². The van der Waals surface area contributed by atoms with Crippen molar-refractivity contribution in [2.24, 2.45) is 11.8 Å². The average molecular weight is 508 g/mol. The molecule has 0 bridgehead atoms. The van der Waals surface area contributed by atoms with Gasteiger partial charge in [0.15, 0.2) is 0 Å². The molecule has 0 unspecified atom stereocenters. The molecule has 1 saturated heterocycles. The third kappa shape index (κ3) is 5.63. The first-order chi connectivity index (χ1) is 16.1. The SMILES string of the molecule is CC[C@H](C)NC(=O)[C@@H](C)N(Cc1c(Cl)cccc1Cl)C(=O)CCN1C(=O)[C@H]2CC=CC[C@H]2C1=O. The number of hydrogen-bond acceptors (Lipinski definition) is 4. The van der Waals surface area contributed by atoms with E-state index in [-0.39, 0.29) is 61.0 Å². The molecule has 4 atom stereocenters. The first kappa shape index (κ1) is 26.2. The number of allylic oxidation sites excluding steroid dienone is 2. The number of likely N-dealkylation sites (tertiary alicyclic amines) is 1. The normalized spacial score (nSPS) is 21.3. The standard InChI is InChI=1S/C25H31Cl2N3O4/c1-4-15(2)28-23(32)16(3)30(14-19-20(26)10-7-11-21(19)27)22(31)12-13-29-24(33)17-8-5-6-9-18(17)25(29)34/h5-7,10-11,15-18H,4,8-9,12-14H2,1-3H3,(H,28,32)/t15-,16+,17-,18+/m0/s1. The van der Waals surface area contributed by atoms with Gasteiger partial charge in [-0.1, -0.05) is 48.3 Å². The van der Waals surface area contributed by atoms with Crippen LogP contribution in [0, 0.1) is 11.8 Å². The van der Waals surface area contributed by atoms with Crippen molar-refractivity contribution < 1.29 is 19.2 Å². The van der Waals surface area contributed by atoms with Crippen molar-refractivity contribution in [1.82, 2.24) is 15.1 Å². The maximum atomic E-state index is 13.4. The zero-order valence-electron chi connectivity index (χ0n) is 19.7. The van der Waals surface area contributed by atoms with E-state index < -0.39 is 6.04 Å². The summed E-state index contributed by atoms with van der Waals surface area (Å²) in [7, 11) is 0. The second kappa shape index (κ2) is 11.4. The van der Waals surface area contributed by atoms with E-state index in [9.17, 15) is 19.2 Å². The van der Waals surface area contributed by atoms with Gasteiger partial charge in [0.25, 0.3) is 0 Å². The van der Waals surface area contributed by atoms with Crippen LogP contribution < -0.4 is 5.32 Å². The molecule has 3 rings (SSSR count). The van der Waals surface area contributed by atoms with Crippen LogP contribution in [-0.4, -0.2) is 52.1 Å². The summed E-state index contributed by atoms with van der Waals surface area (Å²) in [5, 5.41) is 3.68. The van der Waals surface area contributed by atoms with Crippen molar-refractivity contribution in [2.45, 2.75) is 65.1 Å². The molecule has 1 aromatic carbocycles. The number of benzene rings is 1. The van der Waals surface area contributed by atoms with E-state index >= 15 is 0 Å². The number of imide groups is 1. The van der Waals surface area contributed by atoms with Gasteiger partial charge in [-0.25, -0.2) is 0 Å². The molecule has 0 aromatic heterocycles. The summed E-state index contributed by atoms with van der Waals surface area (Å²) in [6.45, 7) is 5.51. The number of halogens is 2. The number of nitrogens with one attached hydrogen (secondary N) is 1. The highest BCUT2D eigenvalue weighted by molar-refractivity contribution is 6.36. The van der Waals surface area contributed by atoms with Crippen LogP contribution in [-0.2, 0) is 25.7 Å². The molecule has 7 nitrogen and oxygen atoms in total. The van der Waals surface area contributed by atoms with Gasteiger partial charge in [0.05, 0.1) is 11.8 Å². The van der Waals surface area contributed by atoms with Crippen molar-refractivity contribution in [3.8, 4) is 0 Å². The van der Waals surface area contributed by atoms with E-state index in [2.05, 4.69) is 5.32 Å². The van der Waals surface area contributed by atoms with Crippen molar-refractivity contribution >= 4 is 46.8 Å². The van der Waals surface area contributed by atoms with E-state index in [1.165, 1.54) is 9.80 Å². The third-order valence-electron chi connectivity index (χ3n) is 6.71. The maximum Gasteiger partial charge on any atom is 0.242 e. The molecule has 1 fully saturated rings. The molecule has 1 N–H and O–H groups in total. The smallest absolute Gasteiger partial charge is 0.242 e. The Bertz CT molecular complexity index is 950. The lowest BCUT2D eigenvalue weighted by molar-refractivity contribution is -0.143. The van der Waals surface area contributed by atoms with Crippen LogP contribution in [0.15, 0.2) is 30.4 Å². The molecule has 0 spiro atoms. The highest BCUT2D eigenvalue weighted by Gasteiger charge is 2.47. The Morgan fingerprint density at radius 2 is 1.65 bits per heavy atom. The molecule has 4 amide bonds. The highest BCUT2D eigenvalue weighted by atomic mass is 35.5. The van der Waals surface area contributed by atoms with Gasteiger partial charge in [-0.3, -0.25) is 24.1 Å². The second-order valence-electron chi connectivity index (χ2n) is 8.95. The lowest BCUT2D eigenvalue weighted by atomic mass is 9.85. The van der Waals surface area contributed by atoms with Gasteiger partial charge in [0.2, 0.25) is 23.6 Å². The fourth-order valence-corrected chi connectivity index (χ4v) is 4.86. The largest absolute Gasteiger partial charge is 0.352 e. The van der Waals surface area contributed by atoms with Gasteiger partial charge in [0.1, 0.15) is 6.04 Å². The molecule has 1 aliphatic heterocycles. The van der Waals surface area contributed by atoms with Gasteiger partial charge in [-0.2, -0.15) is 0 Å². The van der Waals surface area contributed by atoms with Crippen molar-refractivity contribution in [3.63, 3.8) is 0 Å². The number of amides is 4. The van der Waals surface area contributed by atoms with Crippen LogP contribution in [0.3, 0.4) is 0 Å². The Labute approximate surface area is 210 Å². The number of carbonyl (C=O) groups is 4. The van der Waals surface area contributed by atoms with Crippen LogP contribution in [0.5, 0.6) is 0 Å². The topological polar surface area (TPSA) is 86.8 Å². The van der Waals surface area contributed by atoms with Crippen LogP contribution >= 0.6 is 23.2 Å². The van der Waals surface area contributed by atoms with Crippen molar-refractivity contribution in [2.75, 3.05) is 6.54 Å². The summed E-state index contributed by atoms with van der Waals surface area (Å²) >= 11 is 12.7. The number of rotatable bonds is 9. The molecule has 1 heterocycles. The van der Waals surface area contributed by atoms with Crippen LogP contribution in [0.2, 0.25) is 10.0 Å². The van der Waals surface area contributed by atoms with Crippen LogP contribution in [0.4, 0.5) is 0 Å². The van der Waals surface area contributed by atoms with Crippen molar-refractivity contribution in [1.29, 1.82) is 0 Å². The molecule has 0 radical (unpaired) electrons. The molecule has 0 saturated carbocycles. The minimum atomic E-state index is -0.800. The van der Waals surface area contributed by atoms with Gasteiger partial charge < -0.3 is 10.2 Å². The van der Waals surface area contributed by atoms with Crippen LogP contribution in [0.1, 0.15) is 52.0 Å². The van der Waals surface area contributed by atoms with E-state index in [0.29, 0.717) is 28.5 Å². The minimum Gasteiger partial charge on any atom is -0.352 e. The zero-order chi connectivity index (χ0) is 25.0. The molecule has 1 aliphatic carbocycles. The Balaban J connectivity index is 1.76. The predicted molar refractivity (Wildman–Crippen MR) is 131 cm³/mol. The third-order valence-corrected chi connectivity index (χ3v) is 7.41. The molecule has 9 heteroatoms. The highest BCUT2D eigenvalue weighted by Crippen LogP contribution is 2.35. The van der Waals surface area contributed by atoms with Gasteiger partial charge >= 0.3 is 0 Å². The van der Waals surface area contributed by atoms with Gasteiger partial charge in [-0.05, 0) is 45.2 Å². The number of nitrogens with zero attached hydrogens (tertiary/aromatic N) is 2. The summed E-state index contributed by atoms with van der Waals surface area (Å²) in [4.78, 5) is 54.3. The van der Waals surface area contributed by atoms with Gasteiger partial charge in [-0.15, -0.1) is 0 Å². The quantitative estimate of drug-likeness (QED) is 0.404. The first-order valence-corrected chi connectivity index (χ1v) is 12.4. The van der Waals surface area contributed by atoms with E-state index in [0.717, 1.165) is 6.42 Å². The lowest BCUT2D eigenvalue weighted by Gasteiger charge is -2.30. The molecular formula is C25H31Cl2N3O4. The summed E-state index contributed by atoms with van der Waals surface area (Å²) in [5.41, 5.74) is 0.535. The Kier molecular flexibility index (Phi) is 8.77. The fraction of sp³-hybridized carbons (Fsp3) is 0.520. The van der Waals surface area contributed by atoms with Crippen LogP contribution in [0.25, 0.3) is 0 Å². The zero-order valence-corrected chi connectivity index (χ0v) is 21.2. The Morgan fingerprint density at radius 3 is 2.18 bits per heavy atom. The predicted octanol–water partition coefficient (Wildman–Crippen LogP) is 3.97. The number of hydrogen-bond donors (Lipinski definition) is 1. The van der Waals surface area contributed by atoms with Gasteiger partial charge in [0, 0.05) is 41.2 Å². The van der Waals surface area contributed by atoms with E-state index in [1.807, 2.05) is 26.0 Å². The summed E-state index contributed by atoms with van der Waals surface area (Å²) < 4.78 is 0. The monoisotopic (exact) mass is 507 g/mol. The molecule has 1 aromatic rings. The fourth-order valence-electron chi connectivity index (χ4n) is 4.34. The summed E-state index contributed by atoms with van der Waals surface area (Å²) in [6, 6.07) is 4.20. The van der Waals surface area contributed by atoms with E-state index in [1.54, 1.807) is 25.1 Å². The second-order valence-corrected chi connectivity index (χ2v) is 9.76. The summed E-state index contributed by atoms with van der Waals surface area (Å²) in [6.07, 6.45) is 5.60. The van der Waals surface area contributed by atoms with E-state index in [4.69, 9.17) is 23.2 Å². The number of fused-ring (bicyclic) bond motifs is 1. The molecule has 184 valence electrons. The first-order valence-electron chi connectivity index (χ1n) is 11.7. The summed E-state index contributed by atoms with van der Waals surface area (Å²) in [5.74, 6) is -1.80. The maximum absolute atomic E-state index is 13.4. The lowest BCUT2D eigenvalue weighted by Crippen LogP contribution is -2.50. The molecule has 2 aliphatic rings. The number of carbonyl (C=O) groups excluding carboxylic acids is 4. The average Bonchev–Trinajstić information content (AvgIpc) is 3.06. The molecular weight excluding hydrogens is 477 g/mol. The molecule has 34 heavy (non-hydrogen) atoms. The Morgan fingerprint density at radius 1 is 1.09 bits per heavy atom.